The Kier molecular flexibility index (Phi) is 4.64. The molecule has 1 aliphatic rings. The van der Waals surface area contributed by atoms with Crippen molar-refractivity contribution in [3.8, 4) is 11.5 Å². The molecule has 3 rings (SSSR count). The number of hydrazone groups is 1. The third-order valence-corrected chi connectivity index (χ3v) is 4.46. The van der Waals surface area contributed by atoms with Crippen molar-refractivity contribution in [2.24, 2.45) is 5.10 Å². The van der Waals surface area contributed by atoms with Crippen LogP contribution < -0.4 is 14.9 Å². The predicted molar refractivity (Wildman–Crippen MR) is 93.0 cm³/mol. The van der Waals surface area contributed by atoms with E-state index in [1.165, 1.54) is 0 Å². The van der Waals surface area contributed by atoms with Crippen molar-refractivity contribution in [2.75, 3.05) is 14.2 Å². The van der Waals surface area contributed by atoms with Gasteiger partial charge in [-0.05, 0) is 29.3 Å². The van der Waals surface area contributed by atoms with Crippen LogP contribution >= 0.6 is 23.2 Å². The Hall–Kier alpha value is -1.91. The molecule has 6 heteroatoms. The Labute approximate surface area is 145 Å². The molecule has 1 atom stereocenters. The van der Waals surface area contributed by atoms with E-state index in [2.05, 4.69) is 10.5 Å². The maximum Gasteiger partial charge on any atom is 0.179 e. The molecule has 0 amide bonds. The minimum absolute atomic E-state index is 0.00650. The summed E-state index contributed by atoms with van der Waals surface area (Å²) < 4.78 is 10.6. The van der Waals surface area contributed by atoms with E-state index in [9.17, 15) is 0 Å². The molecule has 0 aliphatic carbocycles. The van der Waals surface area contributed by atoms with Crippen LogP contribution in [-0.4, -0.2) is 19.9 Å². The van der Waals surface area contributed by atoms with Gasteiger partial charge in [-0.15, -0.1) is 0 Å². The van der Waals surface area contributed by atoms with E-state index < -0.39 is 0 Å². The molecule has 1 heterocycles. The number of halogens is 2. The number of methoxy groups -OCH3 is 2. The molecular formula is C17H16Cl2N2O2. The van der Waals surface area contributed by atoms with Crippen molar-refractivity contribution in [1.29, 1.82) is 0 Å². The monoisotopic (exact) mass is 350 g/mol. The third-order valence-electron chi connectivity index (χ3n) is 3.82. The minimum atomic E-state index is -0.00650. The Morgan fingerprint density at radius 2 is 1.78 bits per heavy atom. The summed E-state index contributed by atoms with van der Waals surface area (Å²) in [6.07, 6.45) is 0.733. The molecule has 0 spiro atoms. The molecular weight excluding hydrogens is 335 g/mol. The molecule has 2 aromatic carbocycles. The lowest BCUT2D eigenvalue weighted by molar-refractivity contribution is 0.354. The zero-order chi connectivity index (χ0) is 16.4. The minimum Gasteiger partial charge on any atom is -0.493 e. The van der Waals surface area contributed by atoms with Crippen molar-refractivity contribution in [1.82, 2.24) is 5.43 Å². The molecule has 1 N–H and O–H groups in total. The van der Waals surface area contributed by atoms with Crippen molar-refractivity contribution in [3.05, 3.63) is 57.6 Å². The average Bonchev–Trinajstić information content (AvgIpc) is 3.04. The summed E-state index contributed by atoms with van der Waals surface area (Å²) in [4.78, 5) is 0. The quantitative estimate of drug-likeness (QED) is 0.885. The maximum atomic E-state index is 6.47. The summed E-state index contributed by atoms with van der Waals surface area (Å²) in [5.41, 5.74) is 6.08. The predicted octanol–water partition coefficient (Wildman–Crippen LogP) is 4.45. The van der Waals surface area contributed by atoms with E-state index in [0.717, 1.165) is 23.3 Å². The smallest absolute Gasteiger partial charge is 0.179 e. The van der Waals surface area contributed by atoms with Crippen LogP contribution in [0.25, 0.3) is 0 Å². The summed E-state index contributed by atoms with van der Waals surface area (Å²) >= 11 is 12.4. The number of benzene rings is 2. The van der Waals surface area contributed by atoms with Gasteiger partial charge in [-0.3, -0.25) is 0 Å². The zero-order valence-corrected chi connectivity index (χ0v) is 14.3. The van der Waals surface area contributed by atoms with Gasteiger partial charge in [0.15, 0.2) is 11.5 Å². The zero-order valence-electron chi connectivity index (χ0n) is 12.8. The second kappa shape index (κ2) is 6.69. The molecule has 0 saturated carbocycles. The second-order valence-electron chi connectivity index (χ2n) is 5.16. The summed E-state index contributed by atoms with van der Waals surface area (Å²) in [7, 11) is 3.16. The molecule has 23 heavy (non-hydrogen) atoms. The molecule has 0 bridgehead atoms. The lowest BCUT2D eigenvalue weighted by Gasteiger charge is -2.16. The van der Waals surface area contributed by atoms with Crippen molar-refractivity contribution in [2.45, 2.75) is 12.5 Å². The van der Waals surface area contributed by atoms with Crippen LogP contribution in [0, 0.1) is 0 Å². The molecule has 0 fully saturated rings. The number of hydrogen-bond donors (Lipinski definition) is 1. The van der Waals surface area contributed by atoms with Gasteiger partial charge in [-0.25, -0.2) is 0 Å². The topological polar surface area (TPSA) is 42.8 Å². The number of rotatable bonds is 4. The van der Waals surface area contributed by atoms with Crippen LogP contribution in [0.15, 0.2) is 41.5 Å². The molecule has 0 saturated heterocycles. The summed E-state index contributed by atoms with van der Waals surface area (Å²) in [5.74, 6) is 1.14. The largest absolute Gasteiger partial charge is 0.493 e. The van der Waals surface area contributed by atoms with E-state index in [-0.39, 0.29) is 6.04 Å². The molecule has 120 valence electrons. The fraction of sp³-hybridized carbons (Fsp3) is 0.235. The van der Waals surface area contributed by atoms with E-state index in [0.29, 0.717) is 21.5 Å². The molecule has 1 unspecified atom stereocenters. The van der Waals surface area contributed by atoms with Crippen molar-refractivity contribution < 1.29 is 9.47 Å². The van der Waals surface area contributed by atoms with Gasteiger partial charge in [0.05, 0.1) is 31.0 Å². The maximum absolute atomic E-state index is 6.47. The number of ether oxygens (including phenoxy) is 2. The van der Waals surface area contributed by atoms with Crippen molar-refractivity contribution in [3.63, 3.8) is 0 Å². The molecule has 0 aromatic heterocycles. The molecule has 1 aliphatic heterocycles. The summed E-state index contributed by atoms with van der Waals surface area (Å²) in [6.45, 7) is 0. The van der Waals surface area contributed by atoms with E-state index in [4.69, 9.17) is 32.7 Å². The van der Waals surface area contributed by atoms with E-state index >= 15 is 0 Å². The first-order valence-electron chi connectivity index (χ1n) is 7.12. The van der Waals surface area contributed by atoms with Gasteiger partial charge >= 0.3 is 0 Å². The van der Waals surface area contributed by atoms with Gasteiger partial charge in [0.25, 0.3) is 0 Å². The van der Waals surface area contributed by atoms with Gasteiger partial charge in [0.1, 0.15) is 0 Å². The lowest BCUT2D eigenvalue weighted by atomic mass is 9.98. The van der Waals surface area contributed by atoms with Crippen LogP contribution in [-0.2, 0) is 0 Å². The fourth-order valence-corrected chi connectivity index (χ4v) is 3.11. The Morgan fingerprint density at radius 1 is 1.04 bits per heavy atom. The van der Waals surface area contributed by atoms with E-state index in [1.54, 1.807) is 14.2 Å². The highest BCUT2D eigenvalue weighted by Gasteiger charge is 2.25. The van der Waals surface area contributed by atoms with Gasteiger partial charge < -0.3 is 14.9 Å². The van der Waals surface area contributed by atoms with Crippen molar-refractivity contribution >= 4 is 28.9 Å². The first-order valence-corrected chi connectivity index (χ1v) is 7.88. The van der Waals surface area contributed by atoms with Crippen LogP contribution in [0.5, 0.6) is 11.5 Å². The van der Waals surface area contributed by atoms with Gasteiger partial charge in [-0.2, -0.15) is 5.10 Å². The average molecular weight is 351 g/mol. The third kappa shape index (κ3) is 3.09. The number of hydrogen-bond acceptors (Lipinski definition) is 4. The van der Waals surface area contributed by atoms with Crippen LogP contribution in [0.1, 0.15) is 23.6 Å². The van der Waals surface area contributed by atoms with Gasteiger partial charge in [-0.1, -0.05) is 41.4 Å². The fourth-order valence-electron chi connectivity index (χ4n) is 2.62. The van der Waals surface area contributed by atoms with Crippen LogP contribution in [0.4, 0.5) is 0 Å². The second-order valence-corrected chi connectivity index (χ2v) is 5.97. The molecule has 2 aromatic rings. The Balaban J connectivity index is 1.84. The highest BCUT2D eigenvalue weighted by Crippen LogP contribution is 2.41. The van der Waals surface area contributed by atoms with Crippen LogP contribution in [0.3, 0.4) is 0 Å². The SMILES string of the molecule is COc1ccc(C2CC(c3ccc(Cl)cc3)=NN2)c(Cl)c1OC. The normalized spacial score (nSPS) is 16.7. The highest BCUT2D eigenvalue weighted by molar-refractivity contribution is 6.33. The van der Waals surface area contributed by atoms with Crippen LogP contribution in [0.2, 0.25) is 10.0 Å². The van der Waals surface area contributed by atoms with Gasteiger partial charge in [0.2, 0.25) is 0 Å². The highest BCUT2D eigenvalue weighted by atomic mass is 35.5. The summed E-state index contributed by atoms with van der Waals surface area (Å²) in [6, 6.07) is 11.4. The molecule has 4 nitrogen and oxygen atoms in total. The first kappa shape index (κ1) is 16.0. The number of nitrogens with zero attached hydrogens (tertiary/aromatic N) is 1. The standard InChI is InChI=1S/C17H16Cl2N2O2/c1-22-15-8-7-12(16(19)17(15)23-2)14-9-13(20-21-14)10-3-5-11(18)6-4-10/h3-8,14,21H,9H2,1-2H3. The lowest BCUT2D eigenvalue weighted by Crippen LogP contribution is -2.11. The molecule has 0 radical (unpaired) electrons. The Morgan fingerprint density at radius 3 is 2.43 bits per heavy atom. The van der Waals surface area contributed by atoms with Gasteiger partial charge in [0, 0.05) is 11.4 Å². The van der Waals surface area contributed by atoms with E-state index in [1.807, 2.05) is 36.4 Å². The Bertz CT molecular complexity index is 745. The first-order chi connectivity index (χ1) is 11.1. The number of nitrogens with one attached hydrogen (secondary N) is 1. The summed E-state index contributed by atoms with van der Waals surface area (Å²) in [5, 5.41) is 5.67.